The van der Waals surface area contributed by atoms with E-state index in [0.717, 1.165) is 0 Å². The molecule has 1 heterocycles. The SMILES string of the molecule is CC(C)(C)OC(=O)c1cc(Br)oc1CN. The van der Waals surface area contributed by atoms with Crippen molar-refractivity contribution in [2.75, 3.05) is 0 Å². The third kappa shape index (κ3) is 3.35. The molecule has 1 rings (SSSR count). The van der Waals surface area contributed by atoms with Crippen LogP contribution >= 0.6 is 15.9 Å². The minimum Gasteiger partial charge on any atom is -0.456 e. The predicted molar refractivity (Wildman–Crippen MR) is 59.5 cm³/mol. The summed E-state index contributed by atoms with van der Waals surface area (Å²) in [4.78, 5) is 11.7. The average molecular weight is 276 g/mol. The van der Waals surface area contributed by atoms with Crippen molar-refractivity contribution < 1.29 is 13.9 Å². The molecule has 0 fully saturated rings. The van der Waals surface area contributed by atoms with Crippen LogP contribution in [0.15, 0.2) is 15.2 Å². The second-order valence-electron chi connectivity index (χ2n) is 4.09. The first-order chi connectivity index (χ1) is 6.83. The molecule has 0 amide bonds. The Morgan fingerprint density at radius 1 is 1.60 bits per heavy atom. The molecule has 2 N–H and O–H groups in total. The van der Waals surface area contributed by atoms with Crippen LogP contribution in [0.4, 0.5) is 0 Å². The van der Waals surface area contributed by atoms with Crippen molar-refractivity contribution in [3.05, 3.63) is 22.1 Å². The van der Waals surface area contributed by atoms with Gasteiger partial charge in [-0.05, 0) is 36.7 Å². The van der Waals surface area contributed by atoms with E-state index in [2.05, 4.69) is 15.9 Å². The number of furan rings is 1. The molecule has 4 nitrogen and oxygen atoms in total. The monoisotopic (exact) mass is 275 g/mol. The van der Waals surface area contributed by atoms with Gasteiger partial charge in [-0.1, -0.05) is 0 Å². The van der Waals surface area contributed by atoms with Crippen molar-refractivity contribution in [2.24, 2.45) is 5.73 Å². The first-order valence-corrected chi connectivity index (χ1v) is 5.34. The van der Waals surface area contributed by atoms with Crippen molar-refractivity contribution in [3.8, 4) is 0 Å². The Labute approximate surface area is 96.9 Å². The Morgan fingerprint density at radius 3 is 2.67 bits per heavy atom. The lowest BCUT2D eigenvalue weighted by Gasteiger charge is -2.19. The first kappa shape index (κ1) is 12.3. The second kappa shape index (κ2) is 4.37. The van der Waals surface area contributed by atoms with E-state index in [9.17, 15) is 4.79 Å². The summed E-state index contributed by atoms with van der Waals surface area (Å²) in [6, 6.07) is 1.57. The smallest absolute Gasteiger partial charge is 0.342 e. The zero-order chi connectivity index (χ0) is 11.6. The minimum atomic E-state index is -0.521. The van der Waals surface area contributed by atoms with Crippen LogP contribution in [0, 0.1) is 0 Å². The van der Waals surface area contributed by atoms with Gasteiger partial charge in [-0.2, -0.15) is 0 Å². The van der Waals surface area contributed by atoms with E-state index in [1.54, 1.807) is 6.07 Å². The van der Waals surface area contributed by atoms with Gasteiger partial charge < -0.3 is 14.9 Å². The van der Waals surface area contributed by atoms with E-state index in [1.165, 1.54) is 0 Å². The molecular formula is C10H14BrNO3. The average Bonchev–Trinajstić information content (AvgIpc) is 2.43. The van der Waals surface area contributed by atoms with Gasteiger partial charge in [0.2, 0.25) is 0 Å². The first-order valence-electron chi connectivity index (χ1n) is 4.55. The Hall–Kier alpha value is -0.810. The highest BCUT2D eigenvalue weighted by Crippen LogP contribution is 2.22. The molecular weight excluding hydrogens is 262 g/mol. The standard InChI is InChI=1S/C10H14BrNO3/c1-10(2,3)15-9(13)6-4-8(11)14-7(6)5-12/h4H,5,12H2,1-3H3. The predicted octanol–water partition coefficient (Wildman–Crippen LogP) is 2.46. The van der Waals surface area contributed by atoms with E-state index in [-0.39, 0.29) is 6.54 Å². The summed E-state index contributed by atoms with van der Waals surface area (Å²) in [6.45, 7) is 5.59. The Morgan fingerprint density at radius 2 is 2.20 bits per heavy atom. The Kier molecular flexibility index (Phi) is 3.57. The lowest BCUT2D eigenvalue weighted by Crippen LogP contribution is -2.24. The maximum absolute atomic E-state index is 11.7. The molecule has 15 heavy (non-hydrogen) atoms. The van der Waals surface area contributed by atoms with Gasteiger partial charge in [-0.15, -0.1) is 0 Å². The van der Waals surface area contributed by atoms with Crippen LogP contribution in [0.3, 0.4) is 0 Å². The fraction of sp³-hybridized carbons (Fsp3) is 0.500. The molecule has 84 valence electrons. The molecule has 0 aliphatic heterocycles. The maximum Gasteiger partial charge on any atom is 0.342 e. The molecule has 0 saturated carbocycles. The summed E-state index contributed by atoms with van der Waals surface area (Å²) in [5, 5.41) is 0. The third-order valence-corrected chi connectivity index (χ3v) is 1.97. The van der Waals surface area contributed by atoms with Crippen LogP contribution in [-0.2, 0) is 11.3 Å². The molecule has 0 aliphatic carbocycles. The third-order valence-electron chi connectivity index (χ3n) is 1.58. The molecule has 0 aromatic carbocycles. The van der Waals surface area contributed by atoms with E-state index in [1.807, 2.05) is 20.8 Å². The lowest BCUT2D eigenvalue weighted by atomic mass is 10.2. The molecule has 0 spiro atoms. The molecule has 5 heteroatoms. The van der Waals surface area contributed by atoms with Crippen LogP contribution in [-0.4, -0.2) is 11.6 Å². The van der Waals surface area contributed by atoms with Gasteiger partial charge in [0.05, 0.1) is 6.54 Å². The number of nitrogens with two attached hydrogens (primary N) is 1. The quantitative estimate of drug-likeness (QED) is 0.842. The van der Waals surface area contributed by atoms with Crippen LogP contribution in [0.25, 0.3) is 0 Å². The molecule has 1 aromatic heterocycles. The van der Waals surface area contributed by atoms with Crippen molar-refractivity contribution >= 4 is 21.9 Å². The number of hydrogen-bond acceptors (Lipinski definition) is 4. The Bertz CT molecular complexity index is 365. The van der Waals surface area contributed by atoms with Crippen molar-refractivity contribution in [1.29, 1.82) is 0 Å². The molecule has 1 aromatic rings. The van der Waals surface area contributed by atoms with Crippen molar-refractivity contribution in [2.45, 2.75) is 32.9 Å². The van der Waals surface area contributed by atoms with Crippen LogP contribution in [0.2, 0.25) is 0 Å². The van der Waals surface area contributed by atoms with Gasteiger partial charge in [-0.3, -0.25) is 0 Å². The number of carbonyl (C=O) groups excluding carboxylic acids is 1. The highest BCUT2D eigenvalue weighted by Gasteiger charge is 2.22. The van der Waals surface area contributed by atoms with Gasteiger partial charge in [0.15, 0.2) is 4.67 Å². The molecule has 0 atom stereocenters. The second-order valence-corrected chi connectivity index (χ2v) is 4.87. The summed E-state index contributed by atoms with van der Waals surface area (Å²) in [6.07, 6.45) is 0. The fourth-order valence-corrected chi connectivity index (χ4v) is 1.48. The van der Waals surface area contributed by atoms with E-state index < -0.39 is 11.6 Å². The van der Waals surface area contributed by atoms with Crippen LogP contribution in [0.5, 0.6) is 0 Å². The van der Waals surface area contributed by atoms with Crippen LogP contribution in [0.1, 0.15) is 36.9 Å². The van der Waals surface area contributed by atoms with Gasteiger partial charge in [0.25, 0.3) is 0 Å². The van der Waals surface area contributed by atoms with Gasteiger partial charge >= 0.3 is 5.97 Å². The highest BCUT2D eigenvalue weighted by molar-refractivity contribution is 9.10. The zero-order valence-corrected chi connectivity index (χ0v) is 10.6. The largest absolute Gasteiger partial charge is 0.456 e. The number of rotatable bonds is 2. The number of ether oxygens (including phenoxy) is 1. The van der Waals surface area contributed by atoms with E-state index in [4.69, 9.17) is 14.9 Å². The van der Waals surface area contributed by atoms with Crippen LogP contribution < -0.4 is 5.73 Å². The normalized spacial score (nSPS) is 11.5. The molecule has 0 bridgehead atoms. The summed E-state index contributed by atoms with van der Waals surface area (Å²) < 4.78 is 10.9. The molecule has 0 saturated heterocycles. The molecule has 0 radical (unpaired) electrons. The maximum atomic E-state index is 11.7. The Balaban J connectivity index is 2.91. The summed E-state index contributed by atoms with van der Waals surface area (Å²) >= 11 is 3.14. The minimum absolute atomic E-state index is 0.167. The van der Waals surface area contributed by atoms with Crippen molar-refractivity contribution in [3.63, 3.8) is 0 Å². The zero-order valence-electron chi connectivity index (χ0n) is 8.96. The van der Waals surface area contributed by atoms with Gasteiger partial charge in [0.1, 0.15) is 16.9 Å². The summed E-state index contributed by atoms with van der Waals surface area (Å²) in [5.41, 5.74) is 5.30. The van der Waals surface area contributed by atoms with Crippen molar-refractivity contribution in [1.82, 2.24) is 0 Å². The van der Waals surface area contributed by atoms with E-state index >= 15 is 0 Å². The van der Waals surface area contributed by atoms with Gasteiger partial charge in [0, 0.05) is 6.07 Å². The summed E-state index contributed by atoms with van der Waals surface area (Å²) in [7, 11) is 0. The summed E-state index contributed by atoms with van der Waals surface area (Å²) in [5.74, 6) is 0.00789. The lowest BCUT2D eigenvalue weighted by molar-refractivity contribution is 0.00673. The number of halogens is 1. The molecule has 0 aliphatic rings. The molecule has 0 unspecified atom stereocenters. The number of esters is 1. The topological polar surface area (TPSA) is 65.5 Å². The fourth-order valence-electron chi connectivity index (χ4n) is 1.05. The number of hydrogen-bond donors (Lipinski definition) is 1. The van der Waals surface area contributed by atoms with Gasteiger partial charge in [-0.25, -0.2) is 4.79 Å². The highest BCUT2D eigenvalue weighted by atomic mass is 79.9. The van der Waals surface area contributed by atoms with E-state index in [0.29, 0.717) is 16.0 Å². The number of carbonyl (C=O) groups is 1.